The Hall–Kier alpha value is -0.410. The molecule has 1 unspecified atom stereocenters. The van der Waals surface area contributed by atoms with E-state index in [0.29, 0.717) is 11.8 Å². The summed E-state index contributed by atoms with van der Waals surface area (Å²) in [6.45, 7) is 0.231. The Bertz CT molecular complexity index is 374. The Kier molecular flexibility index (Phi) is 4.57. The Morgan fingerprint density at radius 2 is 2.06 bits per heavy atom. The normalized spacial score (nSPS) is 18.5. The fourth-order valence-electron chi connectivity index (χ4n) is 2.78. The molecule has 0 saturated heterocycles. The Balaban J connectivity index is 2.06. The van der Waals surface area contributed by atoms with Crippen LogP contribution in [0.4, 0.5) is 4.39 Å². The highest BCUT2D eigenvalue weighted by Gasteiger charge is 2.25. The van der Waals surface area contributed by atoms with Crippen LogP contribution in [0.2, 0.25) is 0 Å². The van der Waals surface area contributed by atoms with Gasteiger partial charge in [-0.05, 0) is 36.0 Å². The van der Waals surface area contributed by atoms with E-state index in [-0.39, 0.29) is 12.4 Å². The summed E-state index contributed by atoms with van der Waals surface area (Å²) < 4.78 is 13.8. The van der Waals surface area contributed by atoms with Crippen molar-refractivity contribution in [1.82, 2.24) is 0 Å². The van der Waals surface area contributed by atoms with Crippen LogP contribution in [0.25, 0.3) is 0 Å². The molecule has 0 aromatic heterocycles. The summed E-state index contributed by atoms with van der Waals surface area (Å²) in [6.07, 6.45) is 5.85. The Morgan fingerprint density at radius 3 is 2.65 bits per heavy atom. The average Bonchev–Trinajstić information content (AvgIpc) is 2.81. The molecule has 1 atom stereocenters. The Morgan fingerprint density at radius 1 is 1.35 bits per heavy atom. The molecular weight excluding hydrogens is 283 g/mol. The van der Waals surface area contributed by atoms with E-state index in [2.05, 4.69) is 15.9 Å². The third-order valence-electron chi connectivity index (χ3n) is 3.80. The molecule has 0 amide bonds. The van der Waals surface area contributed by atoms with Crippen LogP contribution < -0.4 is 0 Å². The van der Waals surface area contributed by atoms with Gasteiger partial charge in [0.2, 0.25) is 0 Å². The molecule has 0 aliphatic heterocycles. The summed E-state index contributed by atoms with van der Waals surface area (Å²) in [7, 11) is 0. The van der Waals surface area contributed by atoms with Crippen molar-refractivity contribution in [3.05, 3.63) is 34.1 Å². The standard InChI is InChI=1S/C14H18BrFO/c15-14-8-13(16)6-5-11(14)7-12(9-17)10-3-1-2-4-10/h5-6,8,10,12,17H,1-4,7,9H2. The molecule has 1 saturated carbocycles. The van der Waals surface area contributed by atoms with Crippen molar-refractivity contribution in [3.8, 4) is 0 Å². The third-order valence-corrected chi connectivity index (χ3v) is 4.54. The van der Waals surface area contributed by atoms with Gasteiger partial charge in [-0.1, -0.05) is 47.7 Å². The molecule has 3 heteroatoms. The van der Waals surface area contributed by atoms with E-state index < -0.39 is 0 Å². The smallest absolute Gasteiger partial charge is 0.124 e. The lowest BCUT2D eigenvalue weighted by atomic mass is 9.86. The van der Waals surface area contributed by atoms with E-state index in [9.17, 15) is 9.50 Å². The lowest BCUT2D eigenvalue weighted by Crippen LogP contribution is -2.19. The van der Waals surface area contributed by atoms with Gasteiger partial charge in [-0.25, -0.2) is 4.39 Å². The minimum absolute atomic E-state index is 0.220. The van der Waals surface area contributed by atoms with E-state index in [1.165, 1.54) is 37.8 Å². The quantitative estimate of drug-likeness (QED) is 0.893. The third kappa shape index (κ3) is 3.29. The summed E-state index contributed by atoms with van der Waals surface area (Å²) >= 11 is 3.39. The lowest BCUT2D eigenvalue weighted by molar-refractivity contribution is 0.175. The van der Waals surface area contributed by atoms with E-state index in [0.717, 1.165) is 16.5 Å². The van der Waals surface area contributed by atoms with Crippen LogP contribution in [0.15, 0.2) is 22.7 Å². The number of hydrogen-bond acceptors (Lipinski definition) is 1. The van der Waals surface area contributed by atoms with Crippen molar-refractivity contribution < 1.29 is 9.50 Å². The number of aliphatic hydroxyl groups excluding tert-OH is 1. The maximum absolute atomic E-state index is 13.0. The van der Waals surface area contributed by atoms with Gasteiger partial charge >= 0.3 is 0 Å². The first-order valence-electron chi connectivity index (χ1n) is 6.25. The van der Waals surface area contributed by atoms with Gasteiger partial charge in [0.05, 0.1) is 0 Å². The largest absolute Gasteiger partial charge is 0.396 e. The second-order valence-electron chi connectivity index (χ2n) is 4.93. The number of halogens is 2. The van der Waals surface area contributed by atoms with Gasteiger partial charge in [0.1, 0.15) is 5.82 Å². The molecule has 17 heavy (non-hydrogen) atoms. The Labute approximate surface area is 110 Å². The zero-order chi connectivity index (χ0) is 12.3. The van der Waals surface area contributed by atoms with Gasteiger partial charge in [-0.3, -0.25) is 0 Å². The first kappa shape index (κ1) is 13.0. The molecule has 0 heterocycles. The number of rotatable bonds is 4. The van der Waals surface area contributed by atoms with Crippen LogP contribution in [0.5, 0.6) is 0 Å². The van der Waals surface area contributed by atoms with E-state index in [4.69, 9.17) is 0 Å². The van der Waals surface area contributed by atoms with E-state index in [1.54, 1.807) is 0 Å². The zero-order valence-electron chi connectivity index (χ0n) is 9.83. The first-order valence-corrected chi connectivity index (χ1v) is 7.05. The van der Waals surface area contributed by atoms with Crippen molar-refractivity contribution in [2.45, 2.75) is 32.1 Å². The monoisotopic (exact) mass is 300 g/mol. The van der Waals surface area contributed by atoms with Gasteiger partial charge in [0.25, 0.3) is 0 Å². The highest BCUT2D eigenvalue weighted by Crippen LogP contribution is 2.34. The molecule has 1 aliphatic rings. The highest BCUT2D eigenvalue weighted by molar-refractivity contribution is 9.10. The molecule has 1 aromatic rings. The number of hydrogen-bond donors (Lipinski definition) is 1. The highest BCUT2D eigenvalue weighted by atomic mass is 79.9. The maximum atomic E-state index is 13.0. The minimum atomic E-state index is -0.220. The van der Waals surface area contributed by atoms with Crippen LogP contribution in [0.3, 0.4) is 0 Å². The van der Waals surface area contributed by atoms with Crippen molar-refractivity contribution >= 4 is 15.9 Å². The molecule has 0 spiro atoms. The first-order chi connectivity index (χ1) is 8.20. The van der Waals surface area contributed by atoms with Gasteiger partial charge in [-0.2, -0.15) is 0 Å². The fourth-order valence-corrected chi connectivity index (χ4v) is 3.29. The van der Waals surface area contributed by atoms with Gasteiger partial charge in [0.15, 0.2) is 0 Å². The molecule has 1 aliphatic carbocycles. The SMILES string of the molecule is OCC(Cc1ccc(F)cc1Br)C1CCCC1. The zero-order valence-corrected chi connectivity index (χ0v) is 11.4. The summed E-state index contributed by atoms with van der Waals surface area (Å²) in [5.74, 6) is 0.734. The number of aliphatic hydroxyl groups is 1. The second kappa shape index (κ2) is 5.96. The molecule has 1 aromatic carbocycles. The van der Waals surface area contributed by atoms with Gasteiger partial charge in [0, 0.05) is 11.1 Å². The molecule has 1 N–H and O–H groups in total. The molecule has 0 bridgehead atoms. The summed E-state index contributed by atoms with van der Waals surface area (Å²) in [6, 6.07) is 4.80. The molecule has 0 radical (unpaired) electrons. The van der Waals surface area contributed by atoms with Crippen LogP contribution in [-0.2, 0) is 6.42 Å². The van der Waals surface area contributed by atoms with Gasteiger partial charge in [-0.15, -0.1) is 0 Å². The van der Waals surface area contributed by atoms with Gasteiger partial charge < -0.3 is 5.11 Å². The second-order valence-corrected chi connectivity index (χ2v) is 5.78. The van der Waals surface area contributed by atoms with Crippen LogP contribution in [-0.4, -0.2) is 11.7 Å². The lowest BCUT2D eigenvalue weighted by Gasteiger charge is -2.21. The predicted octanol–water partition coefficient (Wildman–Crippen LogP) is 3.93. The van der Waals surface area contributed by atoms with Crippen LogP contribution >= 0.6 is 15.9 Å². The van der Waals surface area contributed by atoms with Crippen molar-refractivity contribution in [1.29, 1.82) is 0 Å². The topological polar surface area (TPSA) is 20.2 Å². The molecule has 94 valence electrons. The maximum Gasteiger partial charge on any atom is 0.124 e. The van der Waals surface area contributed by atoms with Crippen molar-refractivity contribution in [2.24, 2.45) is 11.8 Å². The van der Waals surface area contributed by atoms with Crippen molar-refractivity contribution in [3.63, 3.8) is 0 Å². The fraction of sp³-hybridized carbons (Fsp3) is 0.571. The average molecular weight is 301 g/mol. The molecule has 2 rings (SSSR count). The summed E-state index contributed by atoms with van der Waals surface area (Å²) in [4.78, 5) is 0. The minimum Gasteiger partial charge on any atom is -0.396 e. The number of benzene rings is 1. The predicted molar refractivity (Wildman–Crippen MR) is 70.3 cm³/mol. The van der Waals surface area contributed by atoms with E-state index in [1.807, 2.05) is 6.07 Å². The van der Waals surface area contributed by atoms with Crippen LogP contribution in [0.1, 0.15) is 31.2 Å². The molecular formula is C14H18BrFO. The summed E-state index contributed by atoms with van der Waals surface area (Å²) in [5, 5.41) is 9.50. The van der Waals surface area contributed by atoms with Crippen molar-refractivity contribution in [2.75, 3.05) is 6.61 Å². The molecule has 1 fully saturated rings. The van der Waals surface area contributed by atoms with Crippen LogP contribution in [0, 0.1) is 17.7 Å². The van der Waals surface area contributed by atoms with E-state index >= 15 is 0 Å². The molecule has 1 nitrogen and oxygen atoms in total. The summed E-state index contributed by atoms with van der Waals surface area (Å²) in [5.41, 5.74) is 1.09.